The van der Waals surface area contributed by atoms with Crippen LogP contribution in [0, 0.1) is 5.92 Å². The number of alkyl halides is 6. The van der Waals surface area contributed by atoms with Crippen molar-refractivity contribution in [3.63, 3.8) is 0 Å². The number of piperidine rings is 3. The van der Waals surface area contributed by atoms with Gasteiger partial charge >= 0.3 is 18.3 Å². The number of fused-ring (bicyclic) bond motifs is 3. The van der Waals surface area contributed by atoms with Crippen molar-refractivity contribution < 1.29 is 60.2 Å². The zero-order chi connectivity index (χ0) is 34.5. The SMILES string of the molecule is O=C(NCC[N+]12CCC(CC1)[C@@H](OC(=O)C(O)(c1ccccc1)c1ccccc1)C2)c1ccccc1C(F)(F)F.O=C([O-])C(F)(F)F. The van der Waals surface area contributed by atoms with Gasteiger partial charge < -0.3 is 29.5 Å². The number of benzene rings is 3. The maximum atomic E-state index is 13.7. The van der Waals surface area contributed by atoms with E-state index in [1.54, 1.807) is 48.5 Å². The van der Waals surface area contributed by atoms with E-state index in [2.05, 4.69) is 5.32 Å². The summed E-state index contributed by atoms with van der Waals surface area (Å²) in [6.45, 7) is 2.87. The standard InChI is InChI=1S/C31H31F3N2O4.C2HF3O2/c32-31(33,34)26-14-8-7-13-25(26)28(37)35-17-20-36-18-15-22(16-19-36)27(21-36)40-29(38)30(39,23-9-3-1-4-10-23)24-11-5-2-6-12-24;3-2(4,5)1(6)7/h1-14,22,27,39H,15-21H2;(H,6,7)/t22?,27-,36?;/m0./s1. The second-order valence-corrected chi connectivity index (χ2v) is 11.5. The summed E-state index contributed by atoms with van der Waals surface area (Å²) in [6, 6.07) is 22.2. The average Bonchev–Trinajstić information content (AvgIpc) is 3.05. The average molecular weight is 667 g/mol. The highest BCUT2D eigenvalue weighted by atomic mass is 19.4. The summed E-state index contributed by atoms with van der Waals surface area (Å²) < 4.78 is 78.2. The molecule has 3 saturated heterocycles. The van der Waals surface area contributed by atoms with E-state index in [1.807, 2.05) is 12.1 Å². The monoisotopic (exact) mass is 666 g/mol. The lowest BCUT2D eigenvalue weighted by molar-refractivity contribution is -0.945. The maximum Gasteiger partial charge on any atom is 0.430 e. The fourth-order valence-electron chi connectivity index (χ4n) is 6.08. The number of nitrogens with one attached hydrogen (secondary N) is 1. The van der Waals surface area contributed by atoms with Crippen LogP contribution in [-0.4, -0.2) is 72.4 Å². The van der Waals surface area contributed by atoms with Crippen LogP contribution in [0.1, 0.15) is 39.9 Å². The van der Waals surface area contributed by atoms with E-state index in [0.29, 0.717) is 28.7 Å². The van der Waals surface area contributed by atoms with Crippen molar-refractivity contribution in [3.8, 4) is 0 Å². The number of aliphatic carboxylic acids is 1. The number of carbonyl (C=O) groups is 3. The van der Waals surface area contributed by atoms with E-state index in [0.717, 1.165) is 32.0 Å². The number of aliphatic hydroxyl groups is 1. The van der Waals surface area contributed by atoms with Crippen LogP contribution in [0.5, 0.6) is 0 Å². The van der Waals surface area contributed by atoms with Gasteiger partial charge in [0.2, 0.25) is 5.60 Å². The molecule has 252 valence electrons. The maximum absolute atomic E-state index is 13.7. The third-order valence-electron chi connectivity index (χ3n) is 8.56. The molecule has 3 aliphatic heterocycles. The first-order valence-electron chi connectivity index (χ1n) is 14.7. The third-order valence-corrected chi connectivity index (χ3v) is 8.56. The fraction of sp³-hybridized carbons (Fsp3) is 0.364. The Morgan fingerprint density at radius 2 is 1.32 bits per heavy atom. The van der Waals surface area contributed by atoms with Crippen molar-refractivity contribution in [1.29, 1.82) is 0 Å². The Labute approximate surface area is 266 Å². The van der Waals surface area contributed by atoms with Gasteiger partial charge in [0, 0.05) is 18.8 Å². The van der Waals surface area contributed by atoms with Gasteiger partial charge in [0.1, 0.15) is 12.5 Å². The minimum absolute atomic E-state index is 0.160. The Morgan fingerprint density at radius 3 is 1.81 bits per heavy atom. The molecule has 6 rings (SSSR count). The lowest BCUT2D eigenvalue weighted by Gasteiger charge is -2.52. The molecule has 1 amide bonds. The number of carbonyl (C=O) groups excluding carboxylic acids is 3. The summed E-state index contributed by atoms with van der Waals surface area (Å²) in [5.74, 6) is -4.35. The van der Waals surface area contributed by atoms with Crippen molar-refractivity contribution >= 4 is 17.8 Å². The van der Waals surface area contributed by atoms with E-state index < -0.39 is 53.0 Å². The second kappa shape index (κ2) is 14.1. The number of amides is 1. The third kappa shape index (κ3) is 8.30. The highest BCUT2D eigenvalue weighted by Gasteiger charge is 2.50. The molecule has 0 aliphatic carbocycles. The molecule has 3 heterocycles. The number of esters is 1. The Hall–Kier alpha value is -4.43. The zero-order valence-corrected chi connectivity index (χ0v) is 24.9. The largest absolute Gasteiger partial charge is 0.542 e. The van der Waals surface area contributed by atoms with Crippen molar-refractivity contribution in [2.45, 2.75) is 36.9 Å². The van der Waals surface area contributed by atoms with Crippen LogP contribution in [0.2, 0.25) is 0 Å². The molecular weight excluding hydrogens is 634 g/mol. The Bertz CT molecular complexity index is 1500. The number of hydrogen-bond acceptors (Lipinski definition) is 6. The number of ether oxygens (including phenoxy) is 1. The topological polar surface area (TPSA) is 116 Å². The molecule has 3 aromatic rings. The number of carboxylic acid groups (broad SMARTS) is 1. The first kappa shape index (κ1) is 35.4. The minimum Gasteiger partial charge on any atom is -0.542 e. The zero-order valence-electron chi connectivity index (χ0n) is 24.9. The van der Waals surface area contributed by atoms with Gasteiger partial charge in [-0.05, 0) is 23.3 Å². The number of nitrogens with zero attached hydrogens (tertiary/aromatic N) is 1. The predicted molar refractivity (Wildman–Crippen MR) is 153 cm³/mol. The van der Waals surface area contributed by atoms with Crippen molar-refractivity contribution in [2.24, 2.45) is 5.92 Å². The van der Waals surface area contributed by atoms with Crippen LogP contribution < -0.4 is 10.4 Å². The smallest absolute Gasteiger partial charge is 0.430 e. The number of halogens is 6. The first-order valence-corrected chi connectivity index (χ1v) is 14.7. The lowest BCUT2D eigenvalue weighted by atomic mass is 9.82. The summed E-state index contributed by atoms with van der Waals surface area (Å²) in [5.41, 5.74) is -2.51. The van der Waals surface area contributed by atoms with Gasteiger partial charge in [-0.1, -0.05) is 72.8 Å². The van der Waals surface area contributed by atoms with E-state index in [4.69, 9.17) is 14.6 Å². The second-order valence-electron chi connectivity index (χ2n) is 11.5. The van der Waals surface area contributed by atoms with E-state index >= 15 is 0 Å². The van der Waals surface area contributed by atoms with Gasteiger partial charge in [-0.3, -0.25) is 4.79 Å². The highest BCUT2D eigenvalue weighted by Crippen LogP contribution is 2.38. The molecule has 0 aromatic heterocycles. The summed E-state index contributed by atoms with van der Waals surface area (Å²) >= 11 is 0. The quantitative estimate of drug-likeness (QED) is 0.215. The van der Waals surface area contributed by atoms with Crippen molar-refractivity contribution in [2.75, 3.05) is 32.7 Å². The molecule has 0 radical (unpaired) electrons. The van der Waals surface area contributed by atoms with Gasteiger partial charge in [-0.2, -0.15) is 26.3 Å². The van der Waals surface area contributed by atoms with Crippen LogP contribution in [0.15, 0.2) is 84.9 Å². The number of hydrogen-bond donors (Lipinski definition) is 2. The molecule has 0 unspecified atom stereocenters. The molecular formula is C33H32F6N2O6. The Kier molecular flexibility index (Phi) is 10.7. The normalized spacial score (nSPS) is 20.8. The number of rotatable bonds is 8. The molecule has 2 N–H and O–H groups in total. The molecule has 3 aliphatic rings. The van der Waals surface area contributed by atoms with Crippen LogP contribution in [0.4, 0.5) is 26.3 Å². The Balaban J connectivity index is 0.000000644. The van der Waals surface area contributed by atoms with Crippen LogP contribution in [0.3, 0.4) is 0 Å². The highest BCUT2D eigenvalue weighted by molar-refractivity contribution is 5.95. The molecule has 1 atom stereocenters. The summed E-state index contributed by atoms with van der Waals surface area (Å²) in [6.07, 6.45) is -8.60. The number of quaternary nitrogens is 1. The molecule has 0 saturated carbocycles. The van der Waals surface area contributed by atoms with Crippen LogP contribution >= 0.6 is 0 Å². The van der Waals surface area contributed by atoms with E-state index in [1.165, 1.54) is 18.2 Å². The van der Waals surface area contributed by atoms with Crippen LogP contribution in [-0.2, 0) is 26.1 Å². The van der Waals surface area contributed by atoms with Crippen molar-refractivity contribution in [1.82, 2.24) is 5.32 Å². The van der Waals surface area contributed by atoms with E-state index in [-0.39, 0.29) is 12.5 Å². The molecule has 0 spiro atoms. The molecule has 3 fully saturated rings. The predicted octanol–water partition coefficient (Wildman–Crippen LogP) is 3.82. The summed E-state index contributed by atoms with van der Waals surface area (Å²) in [7, 11) is 0. The first-order chi connectivity index (χ1) is 22.1. The minimum atomic E-state index is -5.19. The van der Waals surface area contributed by atoms with E-state index in [9.17, 15) is 41.0 Å². The van der Waals surface area contributed by atoms with Gasteiger partial charge in [0.15, 0.2) is 6.10 Å². The number of carboxylic acids is 1. The molecule has 14 heteroatoms. The molecule has 3 aromatic carbocycles. The molecule has 2 bridgehead atoms. The lowest BCUT2D eigenvalue weighted by Crippen LogP contribution is -2.66. The molecule has 8 nitrogen and oxygen atoms in total. The Morgan fingerprint density at radius 1 is 0.830 bits per heavy atom. The van der Waals surface area contributed by atoms with Gasteiger partial charge in [-0.25, -0.2) is 4.79 Å². The van der Waals surface area contributed by atoms with Crippen LogP contribution in [0.25, 0.3) is 0 Å². The summed E-state index contributed by atoms with van der Waals surface area (Å²) in [4.78, 5) is 35.1. The fourth-order valence-corrected chi connectivity index (χ4v) is 6.08. The van der Waals surface area contributed by atoms with Gasteiger partial charge in [0.25, 0.3) is 5.91 Å². The summed E-state index contributed by atoms with van der Waals surface area (Å²) in [5, 5.41) is 23.2. The van der Waals surface area contributed by atoms with Gasteiger partial charge in [-0.15, -0.1) is 0 Å². The van der Waals surface area contributed by atoms with Gasteiger partial charge in [0.05, 0.1) is 37.3 Å². The molecule has 47 heavy (non-hydrogen) atoms. The van der Waals surface area contributed by atoms with Crippen molar-refractivity contribution in [3.05, 3.63) is 107 Å².